The summed E-state index contributed by atoms with van der Waals surface area (Å²) in [6.45, 7) is 5.60. The predicted molar refractivity (Wildman–Crippen MR) is 91.0 cm³/mol. The molecule has 124 valence electrons. The number of aromatic nitrogens is 1. The van der Waals surface area contributed by atoms with Gasteiger partial charge in [0.2, 0.25) is 0 Å². The van der Waals surface area contributed by atoms with Gasteiger partial charge in [0, 0.05) is 52.8 Å². The van der Waals surface area contributed by atoms with Gasteiger partial charge in [0.1, 0.15) is 0 Å². The van der Waals surface area contributed by atoms with E-state index in [0.29, 0.717) is 5.41 Å². The number of rotatable bonds is 8. The molecule has 22 heavy (non-hydrogen) atoms. The molecule has 1 aliphatic carbocycles. The summed E-state index contributed by atoms with van der Waals surface area (Å²) in [5.41, 5.74) is 1.68. The van der Waals surface area contributed by atoms with Crippen LogP contribution in [0, 0.1) is 5.41 Å². The Morgan fingerprint density at radius 2 is 2.27 bits per heavy atom. The van der Waals surface area contributed by atoms with E-state index in [-0.39, 0.29) is 0 Å². The van der Waals surface area contributed by atoms with Gasteiger partial charge in [-0.2, -0.15) is 0 Å². The molecule has 0 radical (unpaired) electrons. The zero-order valence-electron chi connectivity index (χ0n) is 14.4. The van der Waals surface area contributed by atoms with Crippen LogP contribution in [0.1, 0.15) is 31.9 Å². The maximum absolute atomic E-state index is 5.23. The minimum atomic E-state index is 0.391. The first kappa shape index (κ1) is 16.9. The van der Waals surface area contributed by atoms with E-state index in [1.165, 1.54) is 18.5 Å². The van der Waals surface area contributed by atoms with Crippen LogP contribution in [0.2, 0.25) is 0 Å². The lowest BCUT2D eigenvalue weighted by atomic mass is 10.0. The van der Waals surface area contributed by atoms with E-state index in [1.807, 2.05) is 0 Å². The summed E-state index contributed by atoms with van der Waals surface area (Å²) in [6.07, 6.45) is 5.76. The Labute approximate surface area is 134 Å². The molecule has 1 aliphatic rings. The van der Waals surface area contributed by atoms with Crippen molar-refractivity contribution in [3.8, 4) is 0 Å². The molecule has 1 aromatic rings. The largest absolute Gasteiger partial charge is 0.385 e. The van der Waals surface area contributed by atoms with Crippen LogP contribution in [0.5, 0.6) is 0 Å². The summed E-state index contributed by atoms with van der Waals surface area (Å²) in [6, 6.07) is 4.23. The number of nitrogens with zero attached hydrogens (tertiary/aromatic N) is 3. The number of aryl methyl sites for hydroxylation is 1. The number of aliphatic imine (C=N–C) groups is 1. The van der Waals surface area contributed by atoms with Crippen LogP contribution in [-0.2, 0) is 18.3 Å². The Bertz CT molecular complexity index is 491. The Morgan fingerprint density at radius 1 is 1.50 bits per heavy atom. The number of methoxy groups -OCH3 is 1. The first-order valence-corrected chi connectivity index (χ1v) is 8.19. The predicted octanol–water partition coefficient (Wildman–Crippen LogP) is 2.24. The lowest BCUT2D eigenvalue weighted by molar-refractivity contribution is 0.174. The standard InChI is InChI=1S/C17H30N4O/c1-5-18-16(19-14-17(8-9-17)10-12-22-4)21(3)13-15-7-6-11-20(15)2/h6-7,11H,5,8-10,12-14H2,1-4H3,(H,18,19). The smallest absolute Gasteiger partial charge is 0.194 e. The molecule has 1 fully saturated rings. The van der Waals surface area contributed by atoms with Gasteiger partial charge in [-0.05, 0) is 43.7 Å². The summed E-state index contributed by atoms with van der Waals surface area (Å²) in [7, 11) is 5.96. The quantitative estimate of drug-likeness (QED) is 0.591. The molecule has 0 atom stereocenters. The van der Waals surface area contributed by atoms with Crippen molar-refractivity contribution in [3.63, 3.8) is 0 Å². The Morgan fingerprint density at radius 3 is 2.82 bits per heavy atom. The topological polar surface area (TPSA) is 41.8 Å². The molecule has 0 saturated heterocycles. The van der Waals surface area contributed by atoms with Crippen molar-refractivity contribution in [3.05, 3.63) is 24.0 Å². The van der Waals surface area contributed by atoms with Crippen molar-refractivity contribution in [2.24, 2.45) is 17.5 Å². The van der Waals surface area contributed by atoms with E-state index in [1.54, 1.807) is 7.11 Å². The highest BCUT2D eigenvalue weighted by atomic mass is 16.5. The van der Waals surface area contributed by atoms with Gasteiger partial charge < -0.3 is 19.5 Å². The molecule has 1 saturated carbocycles. The highest BCUT2D eigenvalue weighted by Gasteiger charge is 2.41. The van der Waals surface area contributed by atoms with Crippen LogP contribution in [0.3, 0.4) is 0 Å². The monoisotopic (exact) mass is 306 g/mol. The lowest BCUT2D eigenvalue weighted by Crippen LogP contribution is -2.39. The molecule has 2 rings (SSSR count). The summed E-state index contributed by atoms with van der Waals surface area (Å²) in [5, 5.41) is 3.41. The minimum absolute atomic E-state index is 0.391. The van der Waals surface area contributed by atoms with Gasteiger partial charge in [0.25, 0.3) is 0 Å². The molecule has 0 amide bonds. The highest BCUT2D eigenvalue weighted by Crippen LogP contribution is 2.49. The van der Waals surface area contributed by atoms with Gasteiger partial charge in [-0.3, -0.25) is 4.99 Å². The van der Waals surface area contributed by atoms with Gasteiger partial charge in [-0.25, -0.2) is 0 Å². The number of ether oxygens (including phenoxy) is 1. The van der Waals surface area contributed by atoms with Crippen LogP contribution in [-0.4, -0.2) is 49.3 Å². The molecule has 5 nitrogen and oxygen atoms in total. The Hall–Kier alpha value is -1.49. The number of hydrogen-bond acceptors (Lipinski definition) is 2. The second-order valence-corrected chi connectivity index (χ2v) is 6.38. The Balaban J connectivity index is 1.96. The molecule has 0 aliphatic heterocycles. The summed E-state index contributed by atoms with van der Waals surface area (Å²) in [4.78, 5) is 7.08. The molecule has 5 heteroatoms. The fraction of sp³-hybridized carbons (Fsp3) is 0.706. The Kier molecular flexibility index (Phi) is 5.89. The van der Waals surface area contributed by atoms with E-state index >= 15 is 0 Å². The molecule has 0 aromatic carbocycles. The average Bonchev–Trinajstić information content (AvgIpc) is 3.18. The van der Waals surface area contributed by atoms with Crippen LogP contribution < -0.4 is 5.32 Å². The molecule has 1 aromatic heterocycles. The molecule has 0 spiro atoms. The number of guanidine groups is 1. The van der Waals surface area contributed by atoms with Gasteiger partial charge in [0.05, 0.1) is 6.54 Å². The van der Waals surface area contributed by atoms with E-state index in [4.69, 9.17) is 9.73 Å². The van der Waals surface area contributed by atoms with E-state index < -0.39 is 0 Å². The maximum atomic E-state index is 5.23. The van der Waals surface area contributed by atoms with E-state index in [2.05, 4.69) is 54.1 Å². The third-order valence-electron chi connectivity index (χ3n) is 4.50. The summed E-state index contributed by atoms with van der Waals surface area (Å²) < 4.78 is 7.38. The summed E-state index contributed by atoms with van der Waals surface area (Å²) in [5.74, 6) is 0.993. The third kappa shape index (κ3) is 4.50. The van der Waals surface area contributed by atoms with Crippen molar-refractivity contribution >= 4 is 5.96 Å². The van der Waals surface area contributed by atoms with Crippen molar-refractivity contribution in [2.45, 2.75) is 32.7 Å². The van der Waals surface area contributed by atoms with Crippen molar-refractivity contribution in [2.75, 3.05) is 33.9 Å². The summed E-state index contributed by atoms with van der Waals surface area (Å²) >= 11 is 0. The van der Waals surface area contributed by atoms with Crippen LogP contribution in [0.4, 0.5) is 0 Å². The minimum Gasteiger partial charge on any atom is -0.385 e. The molecule has 1 N–H and O–H groups in total. The first-order valence-electron chi connectivity index (χ1n) is 8.19. The van der Waals surface area contributed by atoms with Crippen LogP contribution >= 0.6 is 0 Å². The van der Waals surface area contributed by atoms with Crippen molar-refractivity contribution in [1.82, 2.24) is 14.8 Å². The zero-order valence-corrected chi connectivity index (χ0v) is 14.4. The molecular weight excluding hydrogens is 276 g/mol. The molecule has 1 heterocycles. The fourth-order valence-corrected chi connectivity index (χ4v) is 2.67. The highest BCUT2D eigenvalue weighted by molar-refractivity contribution is 5.79. The molecular formula is C17H30N4O. The molecule has 0 bridgehead atoms. The first-order chi connectivity index (χ1) is 10.6. The third-order valence-corrected chi connectivity index (χ3v) is 4.50. The molecule has 0 unspecified atom stereocenters. The van der Waals surface area contributed by atoms with Crippen LogP contribution in [0.15, 0.2) is 23.3 Å². The van der Waals surface area contributed by atoms with Crippen LogP contribution in [0.25, 0.3) is 0 Å². The number of nitrogens with one attached hydrogen (secondary N) is 1. The number of hydrogen-bond donors (Lipinski definition) is 1. The van der Waals surface area contributed by atoms with Crippen molar-refractivity contribution in [1.29, 1.82) is 0 Å². The average molecular weight is 306 g/mol. The van der Waals surface area contributed by atoms with Gasteiger partial charge >= 0.3 is 0 Å². The van der Waals surface area contributed by atoms with E-state index in [0.717, 1.165) is 38.6 Å². The van der Waals surface area contributed by atoms with Crippen molar-refractivity contribution < 1.29 is 4.74 Å². The fourth-order valence-electron chi connectivity index (χ4n) is 2.67. The maximum Gasteiger partial charge on any atom is 0.194 e. The second-order valence-electron chi connectivity index (χ2n) is 6.38. The zero-order chi connectivity index (χ0) is 16.0. The SMILES string of the molecule is CCNC(=NCC1(CCOC)CC1)N(C)Cc1cccn1C. The second kappa shape index (κ2) is 7.68. The van der Waals surface area contributed by atoms with E-state index in [9.17, 15) is 0 Å². The normalized spacial score (nSPS) is 16.6. The van der Waals surface area contributed by atoms with Gasteiger partial charge in [-0.1, -0.05) is 0 Å². The van der Waals surface area contributed by atoms with Gasteiger partial charge in [-0.15, -0.1) is 0 Å². The van der Waals surface area contributed by atoms with Gasteiger partial charge in [0.15, 0.2) is 5.96 Å². The lowest BCUT2D eigenvalue weighted by Gasteiger charge is -2.23.